The lowest BCUT2D eigenvalue weighted by Gasteiger charge is -2.15. The lowest BCUT2D eigenvalue weighted by molar-refractivity contribution is -0.141. The highest BCUT2D eigenvalue weighted by Gasteiger charge is 2.34. The van der Waals surface area contributed by atoms with Crippen LogP contribution in [-0.4, -0.2) is 40.1 Å². The molecule has 1 aromatic heterocycles. The Labute approximate surface area is 127 Å². The van der Waals surface area contributed by atoms with E-state index in [1.54, 1.807) is 11.8 Å². The Hall–Kier alpha value is -2.63. The first-order valence-corrected chi connectivity index (χ1v) is 7.11. The monoisotopic (exact) mass is 300 g/mol. The van der Waals surface area contributed by atoms with Crippen LogP contribution in [0.4, 0.5) is 0 Å². The van der Waals surface area contributed by atoms with Gasteiger partial charge in [0, 0.05) is 18.7 Å². The maximum atomic E-state index is 12.7. The molecule has 0 bridgehead atoms. The number of carbonyl (C=O) groups is 2. The summed E-state index contributed by atoms with van der Waals surface area (Å²) in [4.78, 5) is 25.3. The number of amides is 1. The summed E-state index contributed by atoms with van der Waals surface area (Å²) in [6.07, 6.45) is 0.478. The molecule has 1 saturated heterocycles. The number of carboxylic acid groups (broad SMARTS) is 1. The van der Waals surface area contributed by atoms with Crippen LogP contribution in [0.3, 0.4) is 0 Å². The lowest BCUT2D eigenvalue weighted by Crippen LogP contribution is -2.30. The molecule has 1 atom stereocenters. The quantitative estimate of drug-likeness (QED) is 0.939. The maximum Gasteiger partial charge on any atom is 0.308 e. The number of rotatable bonds is 3. The molecule has 3 rings (SSSR count). The first-order valence-electron chi connectivity index (χ1n) is 7.11. The molecule has 0 unspecified atom stereocenters. The van der Waals surface area contributed by atoms with Gasteiger partial charge in [-0.05, 0) is 13.3 Å². The summed E-state index contributed by atoms with van der Waals surface area (Å²) in [5, 5.41) is 13.1. The number of benzene rings is 1. The number of aryl methyl sites for hydroxylation is 1. The number of carboxylic acids is 1. The third-order valence-electron chi connectivity index (χ3n) is 3.95. The molecule has 6 nitrogen and oxygen atoms in total. The Balaban J connectivity index is 1.91. The van der Waals surface area contributed by atoms with Crippen molar-refractivity contribution in [1.82, 2.24) is 10.1 Å². The maximum absolute atomic E-state index is 12.7. The number of hydrogen-bond donors (Lipinski definition) is 1. The fraction of sp³-hybridized carbons (Fsp3) is 0.312. The summed E-state index contributed by atoms with van der Waals surface area (Å²) >= 11 is 0. The predicted octanol–water partition coefficient (Wildman–Crippen LogP) is 2.20. The van der Waals surface area contributed by atoms with E-state index in [0.717, 1.165) is 5.56 Å². The molecule has 1 aromatic carbocycles. The number of nitrogens with zero attached hydrogens (tertiary/aromatic N) is 2. The van der Waals surface area contributed by atoms with Crippen LogP contribution in [0.2, 0.25) is 0 Å². The largest absolute Gasteiger partial charge is 0.481 e. The molecule has 6 heteroatoms. The van der Waals surface area contributed by atoms with Crippen LogP contribution in [0.1, 0.15) is 22.5 Å². The molecule has 1 aliphatic rings. The van der Waals surface area contributed by atoms with E-state index in [-0.39, 0.29) is 12.5 Å². The van der Waals surface area contributed by atoms with Gasteiger partial charge in [-0.3, -0.25) is 9.59 Å². The minimum atomic E-state index is -0.861. The summed E-state index contributed by atoms with van der Waals surface area (Å²) in [6.45, 7) is 2.36. The topological polar surface area (TPSA) is 83.6 Å². The van der Waals surface area contributed by atoms with E-state index in [9.17, 15) is 9.59 Å². The van der Waals surface area contributed by atoms with Crippen LogP contribution in [0, 0.1) is 12.8 Å². The molecule has 1 amide bonds. The van der Waals surface area contributed by atoms with Gasteiger partial charge in [-0.25, -0.2) is 0 Å². The van der Waals surface area contributed by atoms with Crippen molar-refractivity contribution in [3.63, 3.8) is 0 Å². The Kier molecular flexibility index (Phi) is 3.66. The van der Waals surface area contributed by atoms with Crippen molar-refractivity contribution in [3.8, 4) is 11.3 Å². The van der Waals surface area contributed by atoms with Crippen molar-refractivity contribution in [3.05, 3.63) is 41.7 Å². The van der Waals surface area contributed by atoms with Crippen LogP contribution in [-0.2, 0) is 4.79 Å². The number of carbonyl (C=O) groups excluding carboxylic acids is 1. The van der Waals surface area contributed by atoms with Gasteiger partial charge < -0.3 is 14.5 Å². The van der Waals surface area contributed by atoms with Gasteiger partial charge >= 0.3 is 5.97 Å². The van der Waals surface area contributed by atoms with Crippen LogP contribution in [0.5, 0.6) is 0 Å². The second kappa shape index (κ2) is 5.63. The van der Waals surface area contributed by atoms with Crippen molar-refractivity contribution in [2.75, 3.05) is 13.1 Å². The molecule has 22 heavy (non-hydrogen) atoms. The van der Waals surface area contributed by atoms with Gasteiger partial charge in [-0.15, -0.1) is 0 Å². The normalized spacial score (nSPS) is 17.7. The standard InChI is InChI=1S/C16H16N2O4/c1-10-13(14(17-22-10)11-5-3-2-4-6-11)15(19)18-8-7-12(9-18)16(20)21/h2-6,12H,7-9H2,1H3,(H,20,21)/t12-/m1/s1. The van der Waals surface area contributed by atoms with E-state index in [1.165, 1.54) is 0 Å². The van der Waals surface area contributed by atoms with E-state index in [2.05, 4.69) is 5.16 Å². The molecule has 114 valence electrons. The molecule has 0 radical (unpaired) electrons. The molecule has 2 heterocycles. The first-order chi connectivity index (χ1) is 10.6. The minimum Gasteiger partial charge on any atom is -0.481 e. The van der Waals surface area contributed by atoms with E-state index < -0.39 is 11.9 Å². The van der Waals surface area contributed by atoms with Crippen LogP contribution in [0.25, 0.3) is 11.3 Å². The Bertz CT molecular complexity index is 708. The molecule has 0 aliphatic carbocycles. The number of hydrogen-bond acceptors (Lipinski definition) is 4. The van der Waals surface area contributed by atoms with Gasteiger partial charge in [-0.2, -0.15) is 0 Å². The van der Waals surface area contributed by atoms with Crippen molar-refractivity contribution >= 4 is 11.9 Å². The molecule has 1 N–H and O–H groups in total. The SMILES string of the molecule is Cc1onc(-c2ccccc2)c1C(=O)N1CC[C@@H](C(=O)O)C1. The third-order valence-corrected chi connectivity index (χ3v) is 3.95. The van der Waals surface area contributed by atoms with E-state index in [1.807, 2.05) is 30.3 Å². The molecule has 0 saturated carbocycles. The van der Waals surface area contributed by atoms with Crippen molar-refractivity contribution < 1.29 is 19.2 Å². The summed E-state index contributed by atoms with van der Waals surface area (Å²) in [7, 11) is 0. The Morgan fingerprint density at radius 2 is 2.05 bits per heavy atom. The van der Waals surface area contributed by atoms with Crippen molar-refractivity contribution in [1.29, 1.82) is 0 Å². The highest BCUT2D eigenvalue weighted by Crippen LogP contribution is 2.28. The van der Waals surface area contributed by atoms with E-state index in [0.29, 0.717) is 30.0 Å². The van der Waals surface area contributed by atoms with Crippen LogP contribution < -0.4 is 0 Å². The van der Waals surface area contributed by atoms with Gasteiger partial charge in [0.05, 0.1) is 5.92 Å². The fourth-order valence-electron chi connectivity index (χ4n) is 2.72. The summed E-state index contributed by atoms with van der Waals surface area (Å²) in [5.41, 5.74) is 1.72. The molecular formula is C16H16N2O4. The van der Waals surface area contributed by atoms with Gasteiger partial charge in [0.15, 0.2) is 0 Å². The van der Waals surface area contributed by atoms with Gasteiger partial charge in [-0.1, -0.05) is 35.5 Å². The van der Waals surface area contributed by atoms with Crippen molar-refractivity contribution in [2.45, 2.75) is 13.3 Å². The van der Waals surface area contributed by atoms with E-state index >= 15 is 0 Å². The average Bonchev–Trinajstić information content (AvgIpc) is 3.14. The third kappa shape index (κ3) is 2.47. The second-order valence-electron chi connectivity index (χ2n) is 5.40. The fourth-order valence-corrected chi connectivity index (χ4v) is 2.72. The lowest BCUT2D eigenvalue weighted by atomic mass is 10.1. The highest BCUT2D eigenvalue weighted by molar-refractivity contribution is 6.01. The van der Waals surface area contributed by atoms with Gasteiger partial charge in [0.1, 0.15) is 17.0 Å². The average molecular weight is 300 g/mol. The van der Waals surface area contributed by atoms with Crippen LogP contribution >= 0.6 is 0 Å². The molecule has 1 fully saturated rings. The smallest absolute Gasteiger partial charge is 0.308 e. The number of likely N-dealkylation sites (tertiary alicyclic amines) is 1. The molecule has 2 aromatic rings. The zero-order valence-electron chi connectivity index (χ0n) is 12.2. The summed E-state index contributed by atoms with van der Waals surface area (Å²) in [5.74, 6) is -1.13. The van der Waals surface area contributed by atoms with Crippen LogP contribution in [0.15, 0.2) is 34.9 Å². The zero-order valence-corrected chi connectivity index (χ0v) is 12.2. The minimum absolute atomic E-state index is 0.221. The second-order valence-corrected chi connectivity index (χ2v) is 5.40. The predicted molar refractivity (Wildman–Crippen MR) is 78.3 cm³/mol. The highest BCUT2D eigenvalue weighted by atomic mass is 16.5. The van der Waals surface area contributed by atoms with Crippen molar-refractivity contribution in [2.24, 2.45) is 5.92 Å². The summed E-state index contributed by atoms with van der Waals surface area (Å²) in [6, 6.07) is 9.33. The summed E-state index contributed by atoms with van der Waals surface area (Å²) < 4.78 is 5.19. The Morgan fingerprint density at radius 3 is 2.68 bits per heavy atom. The molecule has 1 aliphatic heterocycles. The van der Waals surface area contributed by atoms with Gasteiger partial charge in [0.25, 0.3) is 5.91 Å². The molecule has 0 spiro atoms. The number of aliphatic carboxylic acids is 1. The Morgan fingerprint density at radius 1 is 1.32 bits per heavy atom. The zero-order chi connectivity index (χ0) is 15.7. The van der Waals surface area contributed by atoms with E-state index in [4.69, 9.17) is 9.63 Å². The number of aromatic nitrogens is 1. The van der Waals surface area contributed by atoms with Gasteiger partial charge in [0.2, 0.25) is 0 Å². The first kappa shape index (κ1) is 14.3. The molecular weight excluding hydrogens is 284 g/mol.